The first-order valence-electron chi connectivity index (χ1n) is 7.50. The molecule has 0 saturated heterocycles. The summed E-state index contributed by atoms with van der Waals surface area (Å²) in [6, 6.07) is 3.36. The Morgan fingerprint density at radius 2 is 1.96 bits per heavy atom. The minimum absolute atomic E-state index is 0.267. The summed E-state index contributed by atoms with van der Waals surface area (Å²) in [5, 5.41) is 13.1. The molecule has 0 aliphatic rings. The summed E-state index contributed by atoms with van der Waals surface area (Å²) in [6.07, 6.45) is 3.28. The van der Waals surface area contributed by atoms with Crippen molar-refractivity contribution in [2.45, 2.75) is 25.9 Å². The van der Waals surface area contributed by atoms with Gasteiger partial charge in [-0.25, -0.2) is 0 Å². The third kappa shape index (κ3) is 4.96. The molecule has 0 fully saturated rings. The Labute approximate surface area is 160 Å². The van der Waals surface area contributed by atoms with Gasteiger partial charge >= 0.3 is 0 Å². The second kappa shape index (κ2) is 8.69. The molecule has 1 aromatic carbocycles. The zero-order valence-electron chi connectivity index (χ0n) is 14.3. The molecule has 0 N–H and O–H groups in total. The number of aryl methyl sites for hydroxylation is 1. The van der Waals surface area contributed by atoms with Crippen LogP contribution in [0.3, 0.4) is 0 Å². The van der Waals surface area contributed by atoms with Crippen LogP contribution < -0.4 is 10.3 Å². The van der Waals surface area contributed by atoms with E-state index in [1.54, 1.807) is 25.3 Å². The second-order valence-electron chi connectivity index (χ2n) is 5.65. The Bertz CT molecular complexity index is 830. The first-order chi connectivity index (χ1) is 11.8. The van der Waals surface area contributed by atoms with E-state index < -0.39 is 0 Å². The van der Waals surface area contributed by atoms with E-state index in [1.807, 2.05) is 13.8 Å². The van der Waals surface area contributed by atoms with Crippen LogP contribution in [0.25, 0.3) is 0 Å². The zero-order chi connectivity index (χ0) is 18.6. The Balaban J connectivity index is 2.34. The monoisotopic (exact) mass is 400 g/mol. The van der Waals surface area contributed by atoms with E-state index >= 15 is 0 Å². The summed E-state index contributed by atoms with van der Waals surface area (Å²) in [7, 11) is 0. The van der Waals surface area contributed by atoms with Gasteiger partial charge in [-0.05, 0) is 36.8 Å². The number of nitrogens with zero attached hydrogens (tertiary/aromatic N) is 4. The summed E-state index contributed by atoms with van der Waals surface area (Å²) >= 11 is 13.8. The van der Waals surface area contributed by atoms with E-state index in [0.29, 0.717) is 39.0 Å². The maximum Gasteiger partial charge on any atom is 0.296 e. The van der Waals surface area contributed by atoms with Crippen molar-refractivity contribution in [3.05, 3.63) is 43.8 Å². The van der Waals surface area contributed by atoms with E-state index in [2.05, 4.69) is 15.3 Å². The van der Waals surface area contributed by atoms with Gasteiger partial charge in [0.2, 0.25) is 5.16 Å². The molecule has 1 aromatic heterocycles. The number of rotatable bonds is 6. The maximum absolute atomic E-state index is 12.2. The molecule has 6 nitrogen and oxygen atoms in total. The van der Waals surface area contributed by atoms with Crippen LogP contribution in [0, 0.1) is 12.8 Å². The number of thioether (sulfide) groups is 1. The number of benzene rings is 1. The molecular weight excluding hydrogens is 383 g/mol. The van der Waals surface area contributed by atoms with E-state index in [-0.39, 0.29) is 11.3 Å². The Morgan fingerprint density at radius 3 is 2.52 bits per heavy atom. The lowest BCUT2D eigenvalue weighted by atomic mass is 10.2. The summed E-state index contributed by atoms with van der Waals surface area (Å²) < 4.78 is 6.83. The van der Waals surface area contributed by atoms with E-state index in [4.69, 9.17) is 27.9 Å². The standard InChI is InChI=1S/C16H18Cl2N4O2S/c1-9(2)8-24-14-12(17)5-11(6-13(14)18)7-19-22-15(23)10(3)20-21-16(22)25-4/h5-7,9H,8H2,1-4H3/b19-7-. The van der Waals surface area contributed by atoms with Crippen LogP contribution in [0.2, 0.25) is 10.0 Å². The topological polar surface area (TPSA) is 69.4 Å². The van der Waals surface area contributed by atoms with Crippen LogP contribution >= 0.6 is 35.0 Å². The van der Waals surface area contributed by atoms with Crippen molar-refractivity contribution in [2.24, 2.45) is 11.0 Å². The van der Waals surface area contributed by atoms with Crippen LogP contribution in [0.1, 0.15) is 25.1 Å². The minimum Gasteiger partial charge on any atom is -0.490 e. The van der Waals surface area contributed by atoms with Gasteiger partial charge in [-0.15, -0.1) is 10.2 Å². The van der Waals surface area contributed by atoms with Gasteiger partial charge in [-0.3, -0.25) is 4.79 Å². The normalized spacial score (nSPS) is 11.5. The van der Waals surface area contributed by atoms with Crippen LogP contribution in [0.5, 0.6) is 5.75 Å². The van der Waals surface area contributed by atoms with Gasteiger partial charge in [0, 0.05) is 0 Å². The van der Waals surface area contributed by atoms with Crippen LogP contribution in [0.4, 0.5) is 0 Å². The van der Waals surface area contributed by atoms with Crippen molar-refractivity contribution < 1.29 is 4.74 Å². The molecule has 0 aliphatic heterocycles. The number of aromatic nitrogens is 3. The lowest BCUT2D eigenvalue weighted by Gasteiger charge is -2.12. The fraction of sp³-hybridized carbons (Fsp3) is 0.375. The van der Waals surface area contributed by atoms with Gasteiger partial charge in [-0.1, -0.05) is 48.8 Å². The van der Waals surface area contributed by atoms with Gasteiger partial charge in [0.1, 0.15) is 5.69 Å². The molecule has 2 rings (SSSR count). The molecular formula is C16H18Cl2N4O2S. The van der Waals surface area contributed by atoms with Crippen molar-refractivity contribution >= 4 is 41.2 Å². The lowest BCUT2D eigenvalue weighted by Crippen LogP contribution is -2.23. The molecule has 0 spiro atoms. The van der Waals surface area contributed by atoms with Crippen molar-refractivity contribution in [1.29, 1.82) is 0 Å². The number of ether oxygens (including phenoxy) is 1. The van der Waals surface area contributed by atoms with Gasteiger partial charge < -0.3 is 4.74 Å². The fourth-order valence-corrected chi connectivity index (χ4v) is 2.88. The molecule has 0 bridgehead atoms. The average molecular weight is 401 g/mol. The van der Waals surface area contributed by atoms with Crippen molar-refractivity contribution in [3.8, 4) is 5.75 Å². The first-order valence-corrected chi connectivity index (χ1v) is 9.48. The number of hydrogen-bond acceptors (Lipinski definition) is 6. The zero-order valence-corrected chi connectivity index (χ0v) is 16.6. The quantitative estimate of drug-likeness (QED) is 0.543. The molecule has 0 amide bonds. The Kier molecular flexibility index (Phi) is 6.87. The van der Waals surface area contributed by atoms with Crippen molar-refractivity contribution in [3.63, 3.8) is 0 Å². The lowest BCUT2D eigenvalue weighted by molar-refractivity contribution is 0.271. The highest BCUT2D eigenvalue weighted by atomic mass is 35.5. The molecule has 0 atom stereocenters. The molecule has 25 heavy (non-hydrogen) atoms. The fourth-order valence-electron chi connectivity index (χ4n) is 1.84. The SMILES string of the molecule is CSc1nnc(C)c(=O)n1/N=C\c1cc(Cl)c(OCC(C)C)c(Cl)c1. The minimum atomic E-state index is -0.329. The third-order valence-corrected chi connectivity index (χ3v) is 4.24. The smallest absolute Gasteiger partial charge is 0.296 e. The van der Waals surface area contributed by atoms with E-state index in [0.717, 1.165) is 0 Å². The van der Waals surface area contributed by atoms with Crippen molar-refractivity contribution in [1.82, 2.24) is 14.9 Å². The van der Waals surface area contributed by atoms with Crippen LogP contribution in [0.15, 0.2) is 27.2 Å². The first kappa shape index (κ1) is 19.8. The molecule has 0 unspecified atom stereocenters. The molecule has 0 saturated carbocycles. The summed E-state index contributed by atoms with van der Waals surface area (Å²) in [5.41, 5.74) is 0.577. The molecule has 1 heterocycles. The van der Waals surface area contributed by atoms with Gasteiger partial charge in [0.25, 0.3) is 5.56 Å². The highest BCUT2D eigenvalue weighted by molar-refractivity contribution is 7.98. The summed E-state index contributed by atoms with van der Waals surface area (Å²) in [5.74, 6) is 0.796. The molecule has 134 valence electrons. The Morgan fingerprint density at radius 1 is 1.32 bits per heavy atom. The average Bonchev–Trinajstić information content (AvgIpc) is 2.55. The molecule has 2 aromatic rings. The molecule has 0 aliphatic carbocycles. The second-order valence-corrected chi connectivity index (χ2v) is 7.24. The molecule has 9 heteroatoms. The van der Waals surface area contributed by atoms with Gasteiger partial charge in [0.05, 0.1) is 22.9 Å². The van der Waals surface area contributed by atoms with Crippen LogP contribution in [-0.4, -0.2) is 34.0 Å². The predicted octanol–water partition coefficient (Wildman–Crippen LogP) is 3.89. The third-order valence-electron chi connectivity index (χ3n) is 3.06. The van der Waals surface area contributed by atoms with E-state index in [9.17, 15) is 4.79 Å². The molecule has 0 radical (unpaired) electrons. The van der Waals surface area contributed by atoms with Gasteiger partial charge in [-0.2, -0.15) is 9.78 Å². The van der Waals surface area contributed by atoms with Crippen molar-refractivity contribution in [2.75, 3.05) is 12.9 Å². The summed E-state index contributed by atoms with van der Waals surface area (Å²) in [4.78, 5) is 12.2. The van der Waals surface area contributed by atoms with Crippen LogP contribution in [-0.2, 0) is 0 Å². The number of hydrogen-bond donors (Lipinski definition) is 0. The Hall–Kier alpha value is -1.57. The predicted molar refractivity (Wildman–Crippen MR) is 103 cm³/mol. The van der Waals surface area contributed by atoms with Gasteiger partial charge in [0.15, 0.2) is 5.75 Å². The maximum atomic E-state index is 12.2. The summed E-state index contributed by atoms with van der Waals surface area (Å²) in [6.45, 7) is 6.17. The highest BCUT2D eigenvalue weighted by Crippen LogP contribution is 2.34. The van der Waals surface area contributed by atoms with E-state index in [1.165, 1.54) is 22.7 Å². The highest BCUT2D eigenvalue weighted by Gasteiger charge is 2.11. The largest absolute Gasteiger partial charge is 0.490 e. The number of halogens is 2.